The maximum atomic E-state index is 13.6. The van der Waals surface area contributed by atoms with Crippen molar-refractivity contribution in [2.24, 2.45) is 0 Å². The van der Waals surface area contributed by atoms with Crippen molar-refractivity contribution in [2.45, 2.75) is 6.04 Å². The van der Waals surface area contributed by atoms with E-state index in [9.17, 15) is 29.8 Å². The van der Waals surface area contributed by atoms with E-state index in [-0.39, 0.29) is 12.1 Å². The molecule has 0 saturated heterocycles. The topological polar surface area (TPSA) is 136 Å². The van der Waals surface area contributed by atoms with Crippen molar-refractivity contribution in [3.63, 3.8) is 0 Å². The molecule has 1 aliphatic rings. The summed E-state index contributed by atoms with van der Waals surface area (Å²) in [6.07, 6.45) is 0. The number of amides is 2. The van der Waals surface area contributed by atoms with Crippen LogP contribution in [0.4, 0.5) is 17.1 Å². The van der Waals surface area contributed by atoms with Crippen molar-refractivity contribution in [3.05, 3.63) is 108 Å². The highest BCUT2D eigenvalue weighted by Crippen LogP contribution is 2.39. The number of carbonyl (C=O) groups excluding carboxylic acids is 2. The van der Waals surface area contributed by atoms with Crippen LogP contribution in [0.5, 0.6) is 0 Å². The third-order valence-electron chi connectivity index (χ3n) is 5.20. The van der Waals surface area contributed by atoms with E-state index in [0.29, 0.717) is 21.3 Å². The highest BCUT2D eigenvalue weighted by molar-refractivity contribution is 9.10. The summed E-state index contributed by atoms with van der Waals surface area (Å²) in [6.45, 7) is -0.376. The Morgan fingerprint density at radius 2 is 1.73 bits per heavy atom. The van der Waals surface area contributed by atoms with Gasteiger partial charge in [-0.2, -0.15) is 0 Å². The number of fused-ring (bicyclic) bond motifs is 1. The quantitative estimate of drug-likeness (QED) is 0.406. The first kappa shape index (κ1) is 22.1. The molecule has 2 amide bonds. The van der Waals surface area contributed by atoms with Crippen LogP contribution >= 0.6 is 15.9 Å². The third-order valence-corrected chi connectivity index (χ3v) is 5.70. The van der Waals surface area contributed by atoms with Gasteiger partial charge in [0.25, 0.3) is 17.3 Å². The van der Waals surface area contributed by atoms with E-state index in [4.69, 9.17) is 0 Å². The summed E-state index contributed by atoms with van der Waals surface area (Å²) in [5.41, 5.74) is 0.231. The summed E-state index contributed by atoms with van der Waals surface area (Å²) in [5.74, 6) is -1.27. The van der Waals surface area contributed by atoms with E-state index < -0.39 is 39.1 Å². The average Bonchev–Trinajstić information content (AvgIpc) is 2.94. The molecular weight excluding hydrogens is 496 g/mol. The molecule has 11 heteroatoms. The smallest absolute Gasteiger partial charge is 0.289 e. The maximum Gasteiger partial charge on any atom is 0.289 e. The molecule has 0 radical (unpaired) electrons. The molecule has 3 aromatic carbocycles. The number of halogens is 1. The molecule has 4 rings (SSSR count). The summed E-state index contributed by atoms with van der Waals surface area (Å²) in [6, 6.07) is 16.2. The van der Waals surface area contributed by atoms with Gasteiger partial charge in [0.15, 0.2) is 0 Å². The van der Waals surface area contributed by atoms with Crippen LogP contribution < -0.4 is 5.32 Å². The summed E-state index contributed by atoms with van der Waals surface area (Å²) in [5, 5.41) is 25.5. The van der Waals surface area contributed by atoms with Crippen molar-refractivity contribution >= 4 is 44.8 Å². The SMILES string of the molecule is O=C1CN(C(=O)c2ccc([N+](=O)[O-])cc2[N+](=O)[O-])[C@H](c2ccccc2)c2cc(Br)ccc2N1. The van der Waals surface area contributed by atoms with Gasteiger partial charge in [0.1, 0.15) is 12.1 Å². The van der Waals surface area contributed by atoms with Crippen LogP contribution in [0.3, 0.4) is 0 Å². The number of nitrogens with one attached hydrogen (secondary N) is 1. The van der Waals surface area contributed by atoms with Crippen LogP contribution in [-0.2, 0) is 4.79 Å². The first-order valence-electron chi connectivity index (χ1n) is 9.64. The van der Waals surface area contributed by atoms with Gasteiger partial charge in [0.2, 0.25) is 5.91 Å². The van der Waals surface area contributed by atoms with E-state index >= 15 is 0 Å². The second-order valence-corrected chi connectivity index (χ2v) is 8.16. The number of hydrogen-bond acceptors (Lipinski definition) is 6. The first-order chi connectivity index (χ1) is 15.8. The molecule has 166 valence electrons. The van der Waals surface area contributed by atoms with Crippen LogP contribution in [0.15, 0.2) is 71.2 Å². The van der Waals surface area contributed by atoms with Crippen LogP contribution in [0.1, 0.15) is 27.5 Å². The molecule has 3 aromatic rings. The molecule has 0 spiro atoms. The molecule has 0 aliphatic carbocycles. The van der Waals surface area contributed by atoms with Gasteiger partial charge in [-0.1, -0.05) is 46.3 Å². The zero-order valence-corrected chi connectivity index (χ0v) is 18.4. The Hall–Kier alpha value is -4.12. The van der Waals surface area contributed by atoms with E-state index in [2.05, 4.69) is 21.2 Å². The minimum Gasteiger partial charge on any atom is -0.324 e. The zero-order chi connectivity index (χ0) is 23.7. The number of nitrogens with zero attached hydrogens (tertiary/aromatic N) is 3. The molecular formula is C22H15BrN4O6. The fourth-order valence-corrected chi connectivity index (χ4v) is 4.16. The first-order valence-corrected chi connectivity index (χ1v) is 10.4. The molecule has 0 bridgehead atoms. The summed E-state index contributed by atoms with van der Waals surface area (Å²) < 4.78 is 0.715. The number of hydrogen-bond donors (Lipinski definition) is 1. The molecule has 1 aliphatic heterocycles. The van der Waals surface area contributed by atoms with Crippen LogP contribution in [0.25, 0.3) is 0 Å². The number of nitro groups is 2. The van der Waals surface area contributed by atoms with Gasteiger partial charge in [-0.05, 0) is 29.8 Å². The maximum absolute atomic E-state index is 13.6. The third kappa shape index (κ3) is 4.30. The Kier molecular flexibility index (Phi) is 5.88. The molecule has 0 aromatic heterocycles. The second-order valence-electron chi connectivity index (χ2n) is 7.24. The average molecular weight is 511 g/mol. The fourth-order valence-electron chi connectivity index (χ4n) is 3.78. The van der Waals surface area contributed by atoms with Crippen molar-refractivity contribution in [2.75, 3.05) is 11.9 Å². The minimum absolute atomic E-state index is 0.349. The standard InChI is InChI=1S/C22H15BrN4O6/c23-14-6-9-18-17(10-14)21(13-4-2-1-3-5-13)25(12-20(28)24-18)22(29)16-8-7-15(26(30)31)11-19(16)27(32)33/h1-11,21H,12H2,(H,24,28)/t21-/m1/s1. The number of carbonyl (C=O) groups is 2. The number of anilines is 1. The lowest BCUT2D eigenvalue weighted by atomic mass is 9.95. The summed E-state index contributed by atoms with van der Waals surface area (Å²) in [4.78, 5) is 48.6. The van der Waals surface area contributed by atoms with E-state index in [1.165, 1.54) is 4.90 Å². The van der Waals surface area contributed by atoms with Crippen molar-refractivity contribution in [3.8, 4) is 0 Å². The molecule has 33 heavy (non-hydrogen) atoms. The molecule has 1 heterocycles. The Morgan fingerprint density at radius 1 is 1.00 bits per heavy atom. The monoisotopic (exact) mass is 510 g/mol. The fraction of sp³-hybridized carbons (Fsp3) is 0.0909. The number of rotatable bonds is 4. The van der Waals surface area contributed by atoms with Gasteiger partial charge in [-0.3, -0.25) is 29.8 Å². The highest BCUT2D eigenvalue weighted by atomic mass is 79.9. The number of nitro benzene ring substituents is 2. The second kappa shape index (κ2) is 8.79. The van der Waals surface area contributed by atoms with Crippen LogP contribution in [0.2, 0.25) is 0 Å². The highest BCUT2D eigenvalue weighted by Gasteiger charge is 2.37. The van der Waals surface area contributed by atoms with Gasteiger partial charge in [-0.25, -0.2) is 0 Å². The van der Waals surface area contributed by atoms with Crippen molar-refractivity contribution in [1.29, 1.82) is 0 Å². The predicted octanol–water partition coefficient (Wildman–Crippen LogP) is 4.45. The number of benzene rings is 3. The van der Waals surface area contributed by atoms with Gasteiger partial charge in [0, 0.05) is 21.8 Å². The Labute approximate surface area is 195 Å². The Morgan fingerprint density at radius 3 is 2.39 bits per heavy atom. The Bertz CT molecular complexity index is 1300. The zero-order valence-electron chi connectivity index (χ0n) is 16.8. The minimum atomic E-state index is -0.847. The van der Waals surface area contributed by atoms with Crippen molar-refractivity contribution < 1.29 is 19.4 Å². The molecule has 1 N–H and O–H groups in total. The number of non-ortho nitro benzene ring substituents is 1. The van der Waals surface area contributed by atoms with Gasteiger partial charge < -0.3 is 10.2 Å². The molecule has 0 fully saturated rings. The molecule has 10 nitrogen and oxygen atoms in total. The van der Waals surface area contributed by atoms with Gasteiger partial charge in [-0.15, -0.1) is 0 Å². The predicted molar refractivity (Wildman–Crippen MR) is 122 cm³/mol. The Balaban J connectivity index is 1.91. The molecule has 0 unspecified atom stereocenters. The van der Waals surface area contributed by atoms with Gasteiger partial charge >= 0.3 is 0 Å². The van der Waals surface area contributed by atoms with E-state index in [1.807, 2.05) is 0 Å². The van der Waals surface area contributed by atoms with Crippen LogP contribution in [0, 0.1) is 20.2 Å². The lowest BCUT2D eigenvalue weighted by Gasteiger charge is -2.30. The van der Waals surface area contributed by atoms with Gasteiger partial charge in [0.05, 0.1) is 22.0 Å². The largest absolute Gasteiger partial charge is 0.324 e. The normalized spacial score (nSPS) is 15.2. The summed E-state index contributed by atoms with van der Waals surface area (Å²) in [7, 11) is 0. The van der Waals surface area contributed by atoms with E-state index in [1.54, 1.807) is 48.5 Å². The summed E-state index contributed by atoms with van der Waals surface area (Å²) >= 11 is 3.42. The lowest BCUT2D eigenvalue weighted by molar-refractivity contribution is -0.394. The molecule has 0 saturated carbocycles. The molecule has 1 atom stereocenters. The lowest BCUT2D eigenvalue weighted by Crippen LogP contribution is -2.39. The van der Waals surface area contributed by atoms with Crippen LogP contribution in [-0.4, -0.2) is 33.1 Å². The van der Waals surface area contributed by atoms with E-state index in [0.717, 1.165) is 18.2 Å². The van der Waals surface area contributed by atoms with Crippen molar-refractivity contribution in [1.82, 2.24) is 4.90 Å².